The highest BCUT2D eigenvalue weighted by Gasteiger charge is 2.17. The average Bonchev–Trinajstić information content (AvgIpc) is 3.14. The van der Waals surface area contributed by atoms with Gasteiger partial charge < -0.3 is 9.84 Å². The van der Waals surface area contributed by atoms with Gasteiger partial charge in [-0.05, 0) is 55.5 Å². The van der Waals surface area contributed by atoms with Crippen LogP contribution in [-0.2, 0) is 14.8 Å². The second-order valence-corrected chi connectivity index (χ2v) is 8.22. The van der Waals surface area contributed by atoms with E-state index in [1.807, 2.05) is 0 Å². The number of nitrogens with one attached hydrogen (secondary N) is 3. The summed E-state index contributed by atoms with van der Waals surface area (Å²) in [6.07, 6.45) is 0. The Hall–Kier alpha value is -3.88. The summed E-state index contributed by atoms with van der Waals surface area (Å²) in [7, 11) is -3.89. The molecule has 1 heterocycles. The minimum absolute atomic E-state index is 0.0512. The molecule has 3 N–H and O–H groups in total. The number of rotatable bonds is 7. The van der Waals surface area contributed by atoms with Crippen LogP contribution in [0.25, 0.3) is 0 Å². The number of halogens is 1. The lowest BCUT2D eigenvalue weighted by atomic mass is 10.3. The van der Waals surface area contributed by atoms with E-state index < -0.39 is 21.6 Å². The first-order valence-corrected chi connectivity index (χ1v) is 10.5. The SMILES string of the molecule is Cc1cc(NS(=O)(=O)c2ccc(NC(=O)/C(C#N)=N/Nc3ccc(Cl)cc3)cc2)no1. The number of nitriles is 1. The summed E-state index contributed by atoms with van der Waals surface area (Å²) in [4.78, 5) is 12.2. The number of nitrogens with zero attached hydrogens (tertiary/aromatic N) is 3. The fraction of sp³-hybridized carbons (Fsp3) is 0.0526. The van der Waals surface area contributed by atoms with Crippen molar-refractivity contribution < 1.29 is 17.7 Å². The number of carbonyl (C=O) groups excluding carboxylic acids is 1. The minimum atomic E-state index is -3.89. The van der Waals surface area contributed by atoms with Gasteiger partial charge in [-0.15, -0.1) is 0 Å². The summed E-state index contributed by atoms with van der Waals surface area (Å²) in [5.41, 5.74) is 2.98. The Morgan fingerprint density at radius 1 is 1.13 bits per heavy atom. The van der Waals surface area contributed by atoms with E-state index in [2.05, 4.69) is 25.7 Å². The van der Waals surface area contributed by atoms with E-state index in [9.17, 15) is 18.5 Å². The van der Waals surface area contributed by atoms with Crippen LogP contribution in [0.5, 0.6) is 0 Å². The highest BCUT2D eigenvalue weighted by atomic mass is 35.5. The van der Waals surface area contributed by atoms with Gasteiger partial charge in [0, 0.05) is 16.8 Å². The molecule has 0 aliphatic heterocycles. The molecular weight excluding hydrogens is 444 g/mol. The van der Waals surface area contributed by atoms with E-state index in [0.717, 1.165) is 0 Å². The minimum Gasteiger partial charge on any atom is -0.360 e. The highest BCUT2D eigenvalue weighted by Crippen LogP contribution is 2.18. The van der Waals surface area contributed by atoms with E-state index in [4.69, 9.17) is 16.1 Å². The first-order valence-electron chi connectivity index (χ1n) is 8.64. The van der Waals surface area contributed by atoms with Crippen LogP contribution in [0.4, 0.5) is 17.2 Å². The molecule has 31 heavy (non-hydrogen) atoms. The number of benzene rings is 2. The van der Waals surface area contributed by atoms with Crippen LogP contribution >= 0.6 is 11.6 Å². The standard InChI is InChI=1S/C19H15ClN6O4S/c1-12-10-18(25-30-12)26-31(28,29)16-8-6-14(7-9-16)22-19(27)17(11-21)24-23-15-4-2-13(20)3-5-15/h2-10,23H,1H3,(H,22,27)(H,25,26)/b24-17+. The van der Waals surface area contributed by atoms with Crippen LogP contribution < -0.4 is 15.5 Å². The number of anilines is 3. The molecule has 0 aliphatic carbocycles. The lowest BCUT2D eigenvalue weighted by Crippen LogP contribution is -2.22. The largest absolute Gasteiger partial charge is 0.360 e. The van der Waals surface area contributed by atoms with Crippen LogP contribution in [0, 0.1) is 18.3 Å². The number of carbonyl (C=O) groups is 1. The summed E-state index contributed by atoms with van der Waals surface area (Å²) in [6, 6.07) is 15.0. The van der Waals surface area contributed by atoms with Crippen molar-refractivity contribution in [3.05, 3.63) is 65.4 Å². The van der Waals surface area contributed by atoms with E-state index in [-0.39, 0.29) is 16.4 Å². The van der Waals surface area contributed by atoms with Crippen molar-refractivity contribution in [2.75, 3.05) is 15.5 Å². The maximum atomic E-state index is 12.4. The summed E-state index contributed by atoms with van der Waals surface area (Å²) < 4.78 is 31.9. The molecule has 3 aromatic rings. The van der Waals surface area contributed by atoms with Crippen molar-refractivity contribution in [3.8, 4) is 6.07 Å². The zero-order valence-electron chi connectivity index (χ0n) is 16.0. The quantitative estimate of drug-likeness (QED) is 0.362. The number of aryl methyl sites for hydroxylation is 1. The van der Waals surface area contributed by atoms with Crippen molar-refractivity contribution in [2.45, 2.75) is 11.8 Å². The zero-order chi connectivity index (χ0) is 22.4. The molecule has 158 valence electrons. The van der Waals surface area contributed by atoms with Gasteiger partial charge in [0.15, 0.2) is 5.82 Å². The Kier molecular flexibility index (Phi) is 6.54. The van der Waals surface area contributed by atoms with E-state index in [0.29, 0.717) is 16.5 Å². The van der Waals surface area contributed by atoms with Crippen LogP contribution in [-0.4, -0.2) is 25.2 Å². The molecule has 0 saturated heterocycles. The van der Waals surface area contributed by atoms with Crippen molar-refractivity contribution in [3.63, 3.8) is 0 Å². The molecule has 10 nitrogen and oxygen atoms in total. The molecule has 0 bridgehead atoms. The van der Waals surface area contributed by atoms with Crippen LogP contribution in [0.1, 0.15) is 5.76 Å². The molecule has 0 radical (unpaired) electrons. The van der Waals surface area contributed by atoms with E-state index in [1.54, 1.807) is 37.3 Å². The lowest BCUT2D eigenvalue weighted by molar-refractivity contribution is -0.110. The second-order valence-electron chi connectivity index (χ2n) is 6.10. The number of hydrazone groups is 1. The van der Waals surface area contributed by atoms with Crippen molar-refractivity contribution in [1.29, 1.82) is 5.26 Å². The van der Waals surface area contributed by atoms with Gasteiger partial charge >= 0.3 is 0 Å². The fourth-order valence-electron chi connectivity index (χ4n) is 2.29. The number of aromatic nitrogens is 1. The molecule has 3 rings (SSSR count). The first-order chi connectivity index (χ1) is 14.8. The second kappa shape index (κ2) is 9.29. The van der Waals surface area contributed by atoms with Gasteiger partial charge in [-0.25, -0.2) is 8.42 Å². The Morgan fingerprint density at radius 3 is 2.35 bits per heavy atom. The smallest absolute Gasteiger partial charge is 0.287 e. The first kappa shape index (κ1) is 21.8. The molecule has 0 saturated carbocycles. The average molecular weight is 459 g/mol. The van der Waals surface area contributed by atoms with Gasteiger partial charge in [0.25, 0.3) is 15.9 Å². The Bertz CT molecular complexity index is 1260. The van der Waals surface area contributed by atoms with Crippen LogP contribution in [0.2, 0.25) is 5.02 Å². The summed E-state index contributed by atoms with van der Waals surface area (Å²) in [5, 5.41) is 19.5. The predicted molar refractivity (Wildman–Crippen MR) is 115 cm³/mol. The molecule has 0 spiro atoms. The van der Waals surface area contributed by atoms with Crippen LogP contribution in [0.3, 0.4) is 0 Å². The Labute approximate surface area is 182 Å². The monoisotopic (exact) mass is 458 g/mol. The Morgan fingerprint density at radius 2 is 1.77 bits per heavy atom. The van der Waals surface area contributed by atoms with Gasteiger partial charge in [0.05, 0.1) is 10.6 Å². The summed E-state index contributed by atoms with van der Waals surface area (Å²) in [5.74, 6) is -0.259. The van der Waals surface area contributed by atoms with E-state index >= 15 is 0 Å². The van der Waals surface area contributed by atoms with E-state index in [1.165, 1.54) is 30.3 Å². The number of sulfonamides is 1. The molecule has 12 heteroatoms. The maximum Gasteiger partial charge on any atom is 0.287 e. The molecule has 0 atom stereocenters. The maximum absolute atomic E-state index is 12.4. The van der Waals surface area contributed by atoms with Crippen molar-refractivity contribution in [1.82, 2.24) is 5.16 Å². The zero-order valence-corrected chi connectivity index (χ0v) is 17.5. The number of hydrogen-bond donors (Lipinski definition) is 3. The molecule has 0 aliphatic rings. The van der Waals surface area contributed by atoms with Gasteiger partial charge in [-0.2, -0.15) is 10.4 Å². The van der Waals surface area contributed by atoms with Gasteiger partial charge in [0.1, 0.15) is 11.8 Å². The summed E-state index contributed by atoms with van der Waals surface area (Å²) >= 11 is 5.79. The lowest BCUT2D eigenvalue weighted by Gasteiger charge is -2.07. The summed E-state index contributed by atoms with van der Waals surface area (Å²) in [6.45, 7) is 1.63. The normalized spacial score (nSPS) is 11.5. The Balaban J connectivity index is 1.66. The fourth-order valence-corrected chi connectivity index (χ4v) is 3.40. The molecule has 0 fully saturated rings. The molecule has 2 aromatic carbocycles. The molecule has 1 aromatic heterocycles. The molecule has 1 amide bonds. The molecule has 0 unspecified atom stereocenters. The van der Waals surface area contributed by atoms with Gasteiger partial charge in [-0.1, -0.05) is 16.8 Å². The highest BCUT2D eigenvalue weighted by molar-refractivity contribution is 7.92. The van der Waals surface area contributed by atoms with Crippen molar-refractivity contribution in [2.24, 2.45) is 5.10 Å². The number of amides is 1. The molecular formula is C19H15ClN6O4S. The predicted octanol–water partition coefficient (Wildman–Crippen LogP) is 3.37. The van der Waals surface area contributed by atoms with Crippen molar-refractivity contribution >= 4 is 50.4 Å². The van der Waals surface area contributed by atoms with Gasteiger partial charge in [-0.3, -0.25) is 14.9 Å². The third kappa shape index (κ3) is 5.81. The topological polar surface area (TPSA) is 149 Å². The number of hydrogen-bond acceptors (Lipinski definition) is 8. The third-order valence-electron chi connectivity index (χ3n) is 3.75. The third-order valence-corrected chi connectivity index (χ3v) is 5.37. The van der Waals surface area contributed by atoms with Gasteiger partial charge in [0.2, 0.25) is 5.71 Å². The van der Waals surface area contributed by atoms with Crippen LogP contribution in [0.15, 0.2) is 69.1 Å².